The molecule has 0 atom stereocenters. The molecule has 260 valence electrons. The Morgan fingerprint density at radius 1 is 0.481 bits per heavy atom. The van der Waals surface area contributed by atoms with Crippen LogP contribution >= 0.6 is 0 Å². The van der Waals surface area contributed by atoms with E-state index in [1.807, 2.05) is 6.08 Å². The van der Waals surface area contributed by atoms with Crippen LogP contribution in [0.2, 0.25) is 0 Å². The molecule has 0 saturated heterocycles. The van der Waals surface area contributed by atoms with Crippen LogP contribution < -0.4 is 18.9 Å². The van der Waals surface area contributed by atoms with Gasteiger partial charge in [-0.2, -0.15) is 0 Å². The van der Waals surface area contributed by atoms with E-state index in [2.05, 4.69) is 0 Å². The molecule has 5 aromatic rings. The molecule has 1 aliphatic carbocycles. The molecule has 0 fully saturated rings. The first-order chi connectivity index (χ1) is 25.0. The second kappa shape index (κ2) is 14.6. The van der Waals surface area contributed by atoms with Crippen molar-refractivity contribution in [3.8, 4) is 34.5 Å². The summed E-state index contributed by atoms with van der Waals surface area (Å²) in [6, 6.07) is 28.5. The Balaban J connectivity index is 1.31. The second-order valence-corrected chi connectivity index (χ2v) is 11.4. The molecule has 0 amide bonds. The highest BCUT2D eigenvalue weighted by Gasteiger charge is 2.34. The van der Waals surface area contributed by atoms with Crippen LogP contribution in [0.1, 0.15) is 53.4 Å². The van der Waals surface area contributed by atoms with E-state index < -0.39 is 29.7 Å². The van der Waals surface area contributed by atoms with E-state index in [1.165, 1.54) is 97.1 Å². The third kappa shape index (κ3) is 8.09. The molecule has 5 aromatic carbocycles. The van der Waals surface area contributed by atoms with E-state index >= 15 is 0 Å². The molecule has 0 spiro atoms. The lowest BCUT2D eigenvalue weighted by molar-refractivity contribution is -0.0685. The van der Waals surface area contributed by atoms with Crippen LogP contribution in [0.3, 0.4) is 0 Å². The van der Waals surface area contributed by atoms with Crippen molar-refractivity contribution < 1.29 is 58.6 Å². The summed E-state index contributed by atoms with van der Waals surface area (Å²) in [5.41, 5.74) is 1.77. The van der Waals surface area contributed by atoms with Gasteiger partial charge >= 0.3 is 23.9 Å². The number of hydrogen-bond acceptors (Lipinski definition) is 8. The molecule has 6 rings (SSSR count). The van der Waals surface area contributed by atoms with Crippen molar-refractivity contribution in [3.05, 3.63) is 161 Å². The normalized spacial score (nSPS) is 13.0. The van der Waals surface area contributed by atoms with E-state index in [-0.39, 0.29) is 34.4 Å². The van der Waals surface area contributed by atoms with Crippen molar-refractivity contribution in [2.45, 2.75) is 12.2 Å². The topological polar surface area (TPSA) is 186 Å². The van der Waals surface area contributed by atoms with Gasteiger partial charge in [0.1, 0.15) is 23.0 Å². The molecule has 0 bridgehead atoms. The van der Waals surface area contributed by atoms with Crippen molar-refractivity contribution in [2.24, 2.45) is 0 Å². The van der Waals surface area contributed by atoms with Gasteiger partial charge in [-0.15, -0.1) is 0 Å². The van der Waals surface area contributed by atoms with Crippen LogP contribution in [0.5, 0.6) is 34.5 Å². The van der Waals surface area contributed by atoms with E-state index in [0.717, 1.165) is 5.57 Å². The van der Waals surface area contributed by atoms with Crippen LogP contribution in [0, 0.1) is 0 Å². The van der Waals surface area contributed by atoms with Gasteiger partial charge in [0, 0.05) is 12.5 Å². The summed E-state index contributed by atoms with van der Waals surface area (Å²) in [5, 5.41) is 37.2. The number of benzene rings is 5. The molecule has 1 aliphatic rings. The maximum absolute atomic E-state index is 11.4. The highest BCUT2D eigenvalue weighted by Crippen LogP contribution is 2.40. The Morgan fingerprint density at radius 3 is 1.23 bits per heavy atom. The minimum atomic E-state index is -1.41. The summed E-state index contributed by atoms with van der Waals surface area (Å²) >= 11 is 0. The van der Waals surface area contributed by atoms with Crippen LogP contribution in [0.15, 0.2) is 133 Å². The fraction of sp³-hybridized carbons (Fsp3) is 0.0500. The summed E-state index contributed by atoms with van der Waals surface area (Å²) in [5.74, 6) is -3.82. The molecule has 0 saturated carbocycles. The molecule has 0 unspecified atom stereocenters. The van der Waals surface area contributed by atoms with Gasteiger partial charge in [0.05, 0.1) is 22.3 Å². The van der Waals surface area contributed by atoms with Gasteiger partial charge in [-0.05, 0) is 120 Å². The molecule has 0 aliphatic heterocycles. The van der Waals surface area contributed by atoms with Crippen LogP contribution in [-0.4, -0.2) is 50.1 Å². The van der Waals surface area contributed by atoms with Gasteiger partial charge in [0.2, 0.25) is 0 Å². The Hall–Kier alpha value is -7.34. The fourth-order valence-corrected chi connectivity index (χ4v) is 5.16. The number of ether oxygens (including phenoxy) is 4. The van der Waals surface area contributed by atoms with Gasteiger partial charge in [0.25, 0.3) is 5.79 Å². The number of hydrogen-bond donors (Lipinski definition) is 4. The summed E-state index contributed by atoms with van der Waals surface area (Å²) in [4.78, 5) is 45.4. The molecule has 52 heavy (non-hydrogen) atoms. The number of aromatic carboxylic acids is 4. The van der Waals surface area contributed by atoms with Crippen molar-refractivity contribution in [2.75, 3.05) is 0 Å². The third-order valence-electron chi connectivity index (χ3n) is 7.84. The monoisotopic (exact) mass is 700 g/mol. The van der Waals surface area contributed by atoms with Crippen LogP contribution in [-0.2, 0) is 0 Å². The Morgan fingerprint density at radius 2 is 0.865 bits per heavy atom. The average molecular weight is 701 g/mol. The second-order valence-electron chi connectivity index (χ2n) is 11.4. The molecular formula is C40H28O12. The lowest BCUT2D eigenvalue weighted by Crippen LogP contribution is -2.41. The summed E-state index contributed by atoms with van der Waals surface area (Å²) in [7, 11) is 0. The number of rotatable bonds is 13. The molecular weight excluding hydrogens is 672 g/mol. The largest absolute Gasteiger partial charge is 0.478 e. The quantitative estimate of drug-likeness (QED) is 0.0863. The predicted octanol–water partition coefficient (Wildman–Crippen LogP) is 8.26. The summed E-state index contributed by atoms with van der Waals surface area (Å²) < 4.78 is 24.8. The Bertz CT molecular complexity index is 2140. The highest BCUT2D eigenvalue weighted by molar-refractivity contribution is 5.89. The first-order valence-electron chi connectivity index (χ1n) is 15.6. The number of carboxylic acids is 4. The maximum Gasteiger partial charge on any atom is 0.335 e. The van der Waals surface area contributed by atoms with E-state index in [4.69, 9.17) is 18.9 Å². The van der Waals surface area contributed by atoms with E-state index in [1.54, 1.807) is 30.4 Å². The zero-order valence-corrected chi connectivity index (χ0v) is 27.0. The van der Waals surface area contributed by atoms with Crippen molar-refractivity contribution in [1.29, 1.82) is 0 Å². The minimum Gasteiger partial charge on any atom is -0.478 e. The van der Waals surface area contributed by atoms with Crippen LogP contribution in [0.25, 0.3) is 5.57 Å². The third-order valence-corrected chi connectivity index (χ3v) is 7.84. The first-order valence-corrected chi connectivity index (χ1v) is 15.6. The summed E-state index contributed by atoms with van der Waals surface area (Å²) in [6.07, 6.45) is 5.50. The summed E-state index contributed by atoms with van der Waals surface area (Å²) in [6.45, 7) is 0. The standard InChI is InChI=1S/C40H28O12/c41-36(42)25-1-10-30(11-2-25)49-34-18-9-29(23-35(34)50-31-12-3-26(4-13-31)37(43)44)24-19-21-40(22-20-24,51-32-14-5-27(6-15-32)38(45)46)52-33-16-7-28(8-17-33)39(47)48/h1-21,23H,22H2,(H,41,42)(H,43,44)(H,45,46)(H,47,48). The number of carboxylic acid groups (broad SMARTS) is 4. The van der Waals surface area contributed by atoms with Gasteiger partial charge in [-0.25, -0.2) is 19.2 Å². The molecule has 12 heteroatoms. The van der Waals surface area contributed by atoms with Crippen molar-refractivity contribution >= 4 is 29.5 Å². The minimum absolute atomic E-state index is 0.0773. The first kappa shape index (κ1) is 34.5. The Kier molecular flexibility index (Phi) is 9.72. The Labute approximate surface area is 295 Å². The van der Waals surface area contributed by atoms with Gasteiger partial charge in [-0.1, -0.05) is 18.2 Å². The SMILES string of the molecule is O=C(O)c1ccc(Oc2ccc(C3=CCC(Oc4ccc(C(=O)O)cc4)(Oc4ccc(C(=O)O)cc4)C=C3)cc2Oc2ccc(C(=O)O)cc2)cc1. The lowest BCUT2D eigenvalue weighted by atomic mass is 9.95. The molecule has 0 aromatic heterocycles. The number of allylic oxidation sites excluding steroid dienone is 2. The lowest BCUT2D eigenvalue weighted by Gasteiger charge is -2.33. The highest BCUT2D eigenvalue weighted by atomic mass is 16.7. The molecule has 0 radical (unpaired) electrons. The number of carbonyl (C=O) groups is 4. The van der Waals surface area contributed by atoms with Gasteiger partial charge < -0.3 is 39.4 Å². The van der Waals surface area contributed by atoms with Crippen LogP contribution in [0.4, 0.5) is 0 Å². The zero-order chi connectivity index (χ0) is 36.8. The van der Waals surface area contributed by atoms with Gasteiger partial charge in [-0.3, -0.25) is 0 Å². The van der Waals surface area contributed by atoms with E-state index in [0.29, 0.717) is 34.3 Å². The average Bonchev–Trinajstić information content (AvgIpc) is 3.13. The van der Waals surface area contributed by atoms with E-state index in [9.17, 15) is 39.6 Å². The predicted molar refractivity (Wildman–Crippen MR) is 186 cm³/mol. The smallest absolute Gasteiger partial charge is 0.335 e. The van der Waals surface area contributed by atoms with Crippen molar-refractivity contribution in [1.82, 2.24) is 0 Å². The van der Waals surface area contributed by atoms with Gasteiger partial charge in [0.15, 0.2) is 11.5 Å². The molecule has 12 nitrogen and oxygen atoms in total. The molecule has 4 N–H and O–H groups in total. The fourth-order valence-electron chi connectivity index (χ4n) is 5.16. The van der Waals surface area contributed by atoms with Crippen molar-refractivity contribution in [3.63, 3.8) is 0 Å². The maximum atomic E-state index is 11.4. The zero-order valence-electron chi connectivity index (χ0n) is 27.0. The molecule has 0 heterocycles.